The van der Waals surface area contributed by atoms with E-state index in [-0.39, 0.29) is 23.9 Å². The smallest absolute Gasteiger partial charge is 0.273 e. The number of para-hydroxylation sites is 2. The Morgan fingerprint density at radius 2 is 1.89 bits per heavy atom. The van der Waals surface area contributed by atoms with Gasteiger partial charge in [0.15, 0.2) is 0 Å². The Kier molecular flexibility index (Phi) is 6.31. The zero-order valence-electron chi connectivity index (χ0n) is 15.8. The largest absolute Gasteiger partial charge is 0.494 e. The molecule has 0 unspecified atom stereocenters. The van der Waals surface area contributed by atoms with Crippen LogP contribution in [-0.4, -0.2) is 37.6 Å². The minimum Gasteiger partial charge on any atom is -0.494 e. The minimum absolute atomic E-state index is 0.0744. The van der Waals surface area contributed by atoms with Crippen LogP contribution in [0.15, 0.2) is 42.5 Å². The number of carbonyl (C=O) groups excluding carboxylic acids is 1. The Morgan fingerprint density at radius 1 is 1.14 bits per heavy atom. The van der Waals surface area contributed by atoms with Crippen LogP contribution in [-0.2, 0) is 4.79 Å². The number of ether oxygens (including phenoxy) is 1. The van der Waals surface area contributed by atoms with Gasteiger partial charge < -0.3 is 20.3 Å². The third kappa shape index (κ3) is 4.70. The first-order valence-electron chi connectivity index (χ1n) is 9.28. The van der Waals surface area contributed by atoms with Crippen LogP contribution >= 0.6 is 0 Å². The number of carbonyl (C=O) groups is 1. The molecule has 1 saturated heterocycles. The topological polar surface area (TPSA) is 96.7 Å². The van der Waals surface area contributed by atoms with Gasteiger partial charge in [0.05, 0.1) is 41.7 Å². The first-order chi connectivity index (χ1) is 13.6. The molecule has 1 aliphatic heterocycles. The Labute approximate surface area is 163 Å². The van der Waals surface area contributed by atoms with E-state index in [9.17, 15) is 14.9 Å². The van der Waals surface area contributed by atoms with E-state index in [2.05, 4.69) is 21.6 Å². The van der Waals surface area contributed by atoms with Crippen LogP contribution in [0, 0.1) is 10.1 Å². The number of hydrogen-bond donors (Lipinski definition) is 2. The number of amides is 1. The molecule has 2 aromatic carbocycles. The lowest BCUT2D eigenvalue weighted by Gasteiger charge is -2.30. The Morgan fingerprint density at radius 3 is 2.61 bits per heavy atom. The minimum atomic E-state index is -0.507. The third-order valence-corrected chi connectivity index (χ3v) is 4.71. The average Bonchev–Trinajstić information content (AvgIpc) is 2.73. The van der Waals surface area contributed by atoms with Gasteiger partial charge in [0.1, 0.15) is 5.75 Å². The van der Waals surface area contributed by atoms with Crippen LogP contribution in [0.3, 0.4) is 0 Å². The van der Waals surface area contributed by atoms with E-state index in [1.54, 1.807) is 0 Å². The number of anilines is 3. The van der Waals surface area contributed by atoms with Crippen LogP contribution in [0.25, 0.3) is 0 Å². The van der Waals surface area contributed by atoms with E-state index >= 15 is 0 Å². The fourth-order valence-corrected chi connectivity index (χ4v) is 3.30. The molecule has 2 aromatic rings. The van der Waals surface area contributed by atoms with Crippen LogP contribution in [0.2, 0.25) is 0 Å². The highest BCUT2D eigenvalue weighted by atomic mass is 16.6. The van der Waals surface area contributed by atoms with Gasteiger partial charge in [-0.3, -0.25) is 14.9 Å². The van der Waals surface area contributed by atoms with Gasteiger partial charge in [-0.1, -0.05) is 12.1 Å². The molecule has 0 spiro atoms. The molecule has 28 heavy (non-hydrogen) atoms. The molecule has 1 heterocycles. The van der Waals surface area contributed by atoms with Crippen LogP contribution in [0.4, 0.5) is 22.7 Å². The normalized spacial score (nSPS) is 13.7. The second-order valence-electron chi connectivity index (χ2n) is 6.61. The van der Waals surface area contributed by atoms with Crippen molar-refractivity contribution in [2.24, 2.45) is 0 Å². The molecule has 8 nitrogen and oxygen atoms in total. The highest BCUT2D eigenvalue weighted by Crippen LogP contribution is 2.30. The molecule has 8 heteroatoms. The van der Waals surface area contributed by atoms with Crippen molar-refractivity contribution in [2.45, 2.75) is 19.3 Å². The van der Waals surface area contributed by atoms with Gasteiger partial charge in [0.25, 0.3) is 5.69 Å². The molecular formula is C20H24N4O4. The van der Waals surface area contributed by atoms with Gasteiger partial charge in [0.2, 0.25) is 5.91 Å². The van der Waals surface area contributed by atoms with Crippen molar-refractivity contribution in [3.05, 3.63) is 52.6 Å². The molecule has 0 radical (unpaired) electrons. The molecule has 0 bridgehead atoms. The number of nitro benzene ring substituents is 1. The van der Waals surface area contributed by atoms with Gasteiger partial charge in [-0.2, -0.15) is 0 Å². The molecule has 0 atom stereocenters. The number of nitro groups is 1. The summed E-state index contributed by atoms with van der Waals surface area (Å²) in [7, 11) is 1.40. The first kappa shape index (κ1) is 19.5. The van der Waals surface area contributed by atoms with E-state index in [1.165, 1.54) is 44.6 Å². The average molecular weight is 384 g/mol. The summed E-state index contributed by atoms with van der Waals surface area (Å²) in [4.78, 5) is 25.1. The van der Waals surface area contributed by atoms with E-state index in [0.717, 1.165) is 24.5 Å². The van der Waals surface area contributed by atoms with Crippen LogP contribution < -0.4 is 20.3 Å². The summed E-state index contributed by atoms with van der Waals surface area (Å²) in [5, 5.41) is 16.8. The number of nitrogens with zero attached hydrogens (tertiary/aromatic N) is 2. The number of nitrogens with one attached hydrogen (secondary N) is 2. The lowest BCUT2D eigenvalue weighted by molar-refractivity contribution is -0.384. The monoisotopic (exact) mass is 384 g/mol. The number of rotatable bonds is 7. The van der Waals surface area contributed by atoms with E-state index in [0.29, 0.717) is 5.69 Å². The molecule has 0 aromatic heterocycles. The van der Waals surface area contributed by atoms with Gasteiger partial charge in [-0.15, -0.1) is 0 Å². The highest BCUT2D eigenvalue weighted by Gasteiger charge is 2.16. The quantitative estimate of drug-likeness (QED) is 0.559. The first-order valence-corrected chi connectivity index (χ1v) is 9.28. The molecule has 1 amide bonds. The van der Waals surface area contributed by atoms with Crippen molar-refractivity contribution in [2.75, 3.05) is 42.3 Å². The van der Waals surface area contributed by atoms with E-state index in [4.69, 9.17) is 4.74 Å². The standard InChI is InChI=1S/C20H24N4O4/c1-28-19-13-15(24(26)27)9-10-17(19)22-20(25)14-21-16-7-3-4-8-18(16)23-11-5-2-6-12-23/h3-4,7-10,13,21H,2,5-6,11-12,14H2,1H3,(H,22,25). The zero-order valence-corrected chi connectivity index (χ0v) is 15.8. The Balaban J connectivity index is 1.64. The lowest BCUT2D eigenvalue weighted by Crippen LogP contribution is -2.30. The summed E-state index contributed by atoms with van der Waals surface area (Å²) in [6, 6.07) is 12.0. The fourth-order valence-electron chi connectivity index (χ4n) is 3.30. The maximum atomic E-state index is 12.4. The number of benzene rings is 2. The summed E-state index contributed by atoms with van der Waals surface area (Å²) >= 11 is 0. The second kappa shape index (κ2) is 9.07. The van der Waals surface area contributed by atoms with Crippen molar-refractivity contribution in [3.63, 3.8) is 0 Å². The zero-order chi connectivity index (χ0) is 19.9. The van der Waals surface area contributed by atoms with E-state index < -0.39 is 4.92 Å². The molecule has 2 N–H and O–H groups in total. The summed E-state index contributed by atoms with van der Waals surface area (Å²) in [5.74, 6) is -0.0168. The van der Waals surface area contributed by atoms with Gasteiger partial charge in [-0.05, 0) is 37.5 Å². The van der Waals surface area contributed by atoms with Crippen molar-refractivity contribution in [3.8, 4) is 5.75 Å². The number of methoxy groups -OCH3 is 1. The van der Waals surface area contributed by atoms with E-state index in [1.807, 2.05) is 18.2 Å². The van der Waals surface area contributed by atoms with Crippen LogP contribution in [0.5, 0.6) is 5.75 Å². The second-order valence-corrected chi connectivity index (χ2v) is 6.61. The van der Waals surface area contributed by atoms with Gasteiger partial charge in [0, 0.05) is 19.2 Å². The molecule has 1 aliphatic rings. The predicted molar refractivity (Wildman–Crippen MR) is 109 cm³/mol. The summed E-state index contributed by atoms with van der Waals surface area (Å²) in [6.07, 6.45) is 3.61. The fraction of sp³-hybridized carbons (Fsp3) is 0.350. The molecule has 0 saturated carbocycles. The molecule has 1 fully saturated rings. The highest BCUT2D eigenvalue weighted by molar-refractivity contribution is 5.95. The third-order valence-electron chi connectivity index (χ3n) is 4.71. The summed E-state index contributed by atoms with van der Waals surface area (Å²) in [5.41, 5.74) is 2.31. The van der Waals surface area contributed by atoms with Crippen molar-refractivity contribution < 1.29 is 14.5 Å². The maximum absolute atomic E-state index is 12.4. The van der Waals surface area contributed by atoms with Crippen molar-refractivity contribution in [1.29, 1.82) is 0 Å². The maximum Gasteiger partial charge on any atom is 0.273 e. The predicted octanol–water partition coefficient (Wildman–Crippen LogP) is 3.64. The molecule has 0 aliphatic carbocycles. The number of piperidine rings is 1. The number of non-ortho nitro benzene ring substituents is 1. The molecule has 148 valence electrons. The number of hydrogen-bond acceptors (Lipinski definition) is 6. The van der Waals surface area contributed by atoms with Crippen LogP contribution in [0.1, 0.15) is 19.3 Å². The molecule has 3 rings (SSSR count). The Hall–Kier alpha value is -3.29. The lowest BCUT2D eigenvalue weighted by atomic mass is 10.1. The van der Waals surface area contributed by atoms with Gasteiger partial charge in [-0.25, -0.2) is 0 Å². The Bertz CT molecular complexity index is 850. The molecular weight excluding hydrogens is 360 g/mol. The summed E-state index contributed by atoms with van der Waals surface area (Å²) in [6.45, 7) is 2.11. The van der Waals surface area contributed by atoms with Crippen molar-refractivity contribution >= 4 is 28.7 Å². The van der Waals surface area contributed by atoms with Gasteiger partial charge >= 0.3 is 0 Å². The van der Waals surface area contributed by atoms with Crippen molar-refractivity contribution in [1.82, 2.24) is 0 Å². The summed E-state index contributed by atoms with van der Waals surface area (Å²) < 4.78 is 5.15. The SMILES string of the molecule is COc1cc([N+](=O)[O-])ccc1NC(=O)CNc1ccccc1N1CCCCC1.